The topological polar surface area (TPSA) is 35.2 Å². The van der Waals surface area contributed by atoms with Crippen LogP contribution in [0.2, 0.25) is 0 Å². The van der Waals surface area contributed by atoms with Gasteiger partial charge in [-0.2, -0.15) is 0 Å². The highest BCUT2D eigenvalue weighted by molar-refractivity contribution is 5.31. The fourth-order valence-corrected chi connectivity index (χ4v) is 2.62. The first-order chi connectivity index (χ1) is 7.81. The SMILES string of the molecule is COc1cccc(C2CCCCCC2N)c1. The Morgan fingerprint density at radius 3 is 2.81 bits per heavy atom. The van der Waals surface area contributed by atoms with Crippen molar-refractivity contribution >= 4 is 0 Å². The van der Waals surface area contributed by atoms with E-state index in [1.54, 1.807) is 7.11 Å². The molecule has 0 bridgehead atoms. The van der Waals surface area contributed by atoms with Crippen molar-refractivity contribution in [1.29, 1.82) is 0 Å². The van der Waals surface area contributed by atoms with Crippen molar-refractivity contribution in [2.75, 3.05) is 7.11 Å². The van der Waals surface area contributed by atoms with Gasteiger partial charge in [-0.3, -0.25) is 0 Å². The molecular formula is C14H21NO. The van der Waals surface area contributed by atoms with E-state index in [9.17, 15) is 0 Å². The monoisotopic (exact) mass is 219 g/mol. The number of rotatable bonds is 2. The quantitative estimate of drug-likeness (QED) is 0.776. The van der Waals surface area contributed by atoms with Gasteiger partial charge in [-0.25, -0.2) is 0 Å². The molecule has 88 valence electrons. The maximum absolute atomic E-state index is 6.26. The molecule has 0 amide bonds. The highest BCUT2D eigenvalue weighted by atomic mass is 16.5. The van der Waals surface area contributed by atoms with Gasteiger partial charge in [0.25, 0.3) is 0 Å². The lowest BCUT2D eigenvalue weighted by Crippen LogP contribution is -2.27. The first-order valence-corrected chi connectivity index (χ1v) is 6.21. The van der Waals surface area contributed by atoms with Crippen LogP contribution in [0.4, 0.5) is 0 Å². The van der Waals surface area contributed by atoms with Crippen molar-refractivity contribution in [3.05, 3.63) is 29.8 Å². The van der Waals surface area contributed by atoms with Gasteiger partial charge in [0.05, 0.1) is 7.11 Å². The number of hydrogen-bond donors (Lipinski definition) is 1. The Hall–Kier alpha value is -1.02. The average molecular weight is 219 g/mol. The number of methoxy groups -OCH3 is 1. The molecule has 1 aromatic carbocycles. The normalized spacial score (nSPS) is 26.1. The maximum atomic E-state index is 6.26. The molecule has 2 nitrogen and oxygen atoms in total. The van der Waals surface area contributed by atoms with E-state index in [1.165, 1.54) is 31.2 Å². The molecule has 1 fully saturated rings. The second-order valence-electron chi connectivity index (χ2n) is 4.68. The second kappa shape index (κ2) is 5.35. The molecule has 0 aromatic heterocycles. The molecule has 0 radical (unpaired) electrons. The zero-order chi connectivity index (χ0) is 11.4. The summed E-state index contributed by atoms with van der Waals surface area (Å²) in [7, 11) is 1.71. The molecule has 0 spiro atoms. The van der Waals surface area contributed by atoms with E-state index in [0.717, 1.165) is 12.2 Å². The van der Waals surface area contributed by atoms with Crippen molar-refractivity contribution < 1.29 is 4.74 Å². The lowest BCUT2D eigenvalue weighted by atomic mass is 9.88. The van der Waals surface area contributed by atoms with Gasteiger partial charge in [0, 0.05) is 6.04 Å². The minimum Gasteiger partial charge on any atom is -0.497 e. The van der Waals surface area contributed by atoms with E-state index in [2.05, 4.69) is 18.2 Å². The first kappa shape index (κ1) is 11.5. The molecule has 2 heteroatoms. The minimum atomic E-state index is 0.314. The third kappa shape index (κ3) is 2.56. The van der Waals surface area contributed by atoms with Gasteiger partial charge in [0.1, 0.15) is 5.75 Å². The maximum Gasteiger partial charge on any atom is 0.119 e. The molecule has 1 saturated carbocycles. The van der Waals surface area contributed by atoms with Gasteiger partial charge in [-0.05, 0) is 36.5 Å². The predicted octanol–water partition coefficient (Wildman–Crippen LogP) is 3.07. The summed E-state index contributed by atoms with van der Waals surface area (Å²) < 4.78 is 5.27. The summed E-state index contributed by atoms with van der Waals surface area (Å²) in [5.74, 6) is 1.45. The smallest absolute Gasteiger partial charge is 0.119 e. The van der Waals surface area contributed by atoms with E-state index in [0.29, 0.717) is 12.0 Å². The third-order valence-corrected chi connectivity index (χ3v) is 3.59. The van der Waals surface area contributed by atoms with Crippen LogP contribution in [0.5, 0.6) is 5.75 Å². The molecule has 0 saturated heterocycles. The van der Waals surface area contributed by atoms with Crippen molar-refractivity contribution in [2.45, 2.75) is 44.1 Å². The molecule has 1 aliphatic carbocycles. The van der Waals surface area contributed by atoms with Gasteiger partial charge in [0.2, 0.25) is 0 Å². The van der Waals surface area contributed by atoms with Crippen LogP contribution in [0.3, 0.4) is 0 Å². The minimum absolute atomic E-state index is 0.314. The summed E-state index contributed by atoms with van der Waals surface area (Å²) >= 11 is 0. The molecule has 1 aliphatic rings. The van der Waals surface area contributed by atoms with Crippen LogP contribution in [0.25, 0.3) is 0 Å². The summed E-state index contributed by atoms with van der Waals surface area (Å²) in [5.41, 5.74) is 7.60. The molecule has 2 N–H and O–H groups in total. The van der Waals surface area contributed by atoms with Crippen molar-refractivity contribution in [1.82, 2.24) is 0 Å². The molecule has 2 rings (SSSR count). The van der Waals surface area contributed by atoms with E-state index in [-0.39, 0.29) is 0 Å². The van der Waals surface area contributed by atoms with Gasteiger partial charge in [-0.1, -0.05) is 31.4 Å². The number of nitrogens with two attached hydrogens (primary N) is 1. The van der Waals surface area contributed by atoms with E-state index >= 15 is 0 Å². The Kier molecular flexibility index (Phi) is 3.83. The first-order valence-electron chi connectivity index (χ1n) is 6.21. The lowest BCUT2D eigenvalue weighted by Gasteiger charge is -2.22. The standard InChI is InChI=1S/C14H21NO/c1-16-12-7-5-6-11(10-12)13-8-3-2-4-9-14(13)15/h5-7,10,13-14H,2-4,8-9,15H2,1H3. The van der Waals surface area contributed by atoms with Crippen molar-refractivity contribution in [2.24, 2.45) is 5.73 Å². The highest BCUT2D eigenvalue weighted by Crippen LogP contribution is 2.32. The summed E-state index contributed by atoms with van der Waals surface area (Å²) in [6.07, 6.45) is 6.28. The predicted molar refractivity (Wildman–Crippen MR) is 66.8 cm³/mol. The third-order valence-electron chi connectivity index (χ3n) is 3.59. The fourth-order valence-electron chi connectivity index (χ4n) is 2.62. The average Bonchev–Trinajstić information content (AvgIpc) is 2.54. The Balaban J connectivity index is 2.19. The summed E-state index contributed by atoms with van der Waals surface area (Å²) in [6, 6.07) is 8.68. The largest absolute Gasteiger partial charge is 0.497 e. The summed E-state index contributed by atoms with van der Waals surface area (Å²) in [6.45, 7) is 0. The van der Waals surface area contributed by atoms with Crippen LogP contribution in [0.15, 0.2) is 24.3 Å². The lowest BCUT2D eigenvalue weighted by molar-refractivity contribution is 0.412. The zero-order valence-electron chi connectivity index (χ0n) is 9.99. The molecular weight excluding hydrogens is 198 g/mol. The van der Waals surface area contributed by atoms with Crippen LogP contribution >= 0.6 is 0 Å². The van der Waals surface area contributed by atoms with Crippen LogP contribution < -0.4 is 10.5 Å². The van der Waals surface area contributed by atoms with Crippen LogP contribution in [-0.2, 0) is 0 Å². The van der Waals surface area contributed by atoms with Crippen LogP contribution in [0.1, 0.15) is 43.6 Å². The van der Waals surface area contributed by atoms with Gasteiger partial charge in [-0.15, -0.1) is 0 Å². The van der Waals surface area contributed by atoms with Crippen LogP contribution in [0, 0.1) is 0 Å². The molecule has 0 aliphatic heterocycles. The Morgan fingerprint density at radius 2 is 2.00 bits per heavy atom. The van der Waals surface area contributed by atoms with Gasteiger partial charge in [0.15, 0.2) is 0 Å². The Labute approximate surface area is 97.8 Å². The summed E-state index contributed by atoms with van der Waals surface area (Å²) in [4.78, 5) is 0. The van der Waals surface area contributed by atoms with Crippen LogP contribution in [-0.4, -0.2) is 13.2 Å². The molecule has 0 heterocycles. The molecule has 2 atom stereocenters. The Bertz CT molecular complexity index is 337. The summed E-state index contributed by atoms with van der Waals surface area (Å²) in [5, 5.41) is 0. The van der Waals surface area contributed by atoms with Crippen molar-refractivity contribution in [3.63, 3.8) is 0 Å². The fraction of sp³-hybridized carbons (Fsp3) is 0.571. The number of hydrogen-bond acceptors (Lipinski definition) is 2. The molecule has 16 heavy (non-hydrogen) atoms. The highest BCUT2D eigenvalue weighted by Gasteiger charge is 2.22. The Morgan fingerprint density at radius 1 is 1.19 bits per heavy atom. The van der Waals surface area contributed by atoms with E-state index in [1.807, 2.05) is 6.07 Å². The van der Waals surface area contributed by atoms with E-state index in [4.69, 9.17) is 10.5 Å². The zero-order valence-corrected chi connectivity index (χ0v) is 9.99. The molecule has 1 aromatic rings. The van der Waals surface area contributed by atoms with Gasteiger partial charge < -0.3 is 10.5 Å². The van der Waals surface area contributed by atoms with E-state index < -0.39 is 0 Å². The second-order valence-corrected chi connectivity index (χ2v) is 4.68. The number of ether oxygens (including phenoxy) is 1. The number of benzene rings is 1. The van der Waals surface area contributed by atoms with Crippen molar-refractivity contribution in [3.8, 4) is 5.75 Å². The van der Waals surface area contributed by atoms with Gasteiger partial charge >= 0.3 is 0 Å². The molecule has 2 unspecified atom stereocenters.